The van der Waals surface area contributed by atoms with Crippen LogP contribution >= 0.6 is 0 Å². The molecule has 4 nitrogen and oxygen atoms in total. The van der Waals surface area contributed by atoms with Crippen molar-refractivity contribution < 1.29 is 4.79 Å². The molecule has 3 atom stereocenters. The number of rotatable bonds is 4. The predicted octanol–water partition coefficient (Wildman–Crippen LogP) is 2.99. The number of piperidine rings is 1. The molecule has 4 heteroatoms. The lowest BCUT2D eigenvalue weighted by Crippen LogP contribution is -2.50. The van der Waals surface area contributed by atoms with E-state index in [0.29, 0.717) is 6.54 Å². The molecule has 2 aromatic carbocycles. The number of benzene rings is 2. The highest BCUT2D eigenvalue weighted by molar-refractivity contribution is 5.82. The quantitative estimate of drug-likeness (QED) is 0.908. The lowest BCUT2D eigenvalue weighted by Gasteiger charge is -2.36. The van der Waals surface area contributed by atoms with Gasteiger partial charge in [-0.1, -0.05) is 67.1 Å². The molecule has 27 heavy (non-hydrogen) atoms. The summed E-state index contributed by atoms with van der Waals surface area (Å²) in [5.74, 6) is 0.501. The fraction of sp³-hybridized carbons (Fsp3) is 0.435. The van der Waals surface area contributed by atoms with E-state index in [4.69, 9.17) is 5.73 Å². The summed E-state index contributed by atoms with van der Waals surface area (Å²) >= 11 is 0. The highest BCUT2D eigenvalue weighted by Crippen LogP contribution is 2.29. The van der Waals surface area contributed by atoms with Gasteiger partial charge in [0.25, 0.3) is 0 Å². The monoisotopic (exact) mass is 363 g/mol. The van der Waals surface area contributed by atoms with Crippen LogP contribution in [-0.2, 0) is 11.3 Å². The van der Waals surface area contributed by atoms with Crippen LogP contribution in [0.2, 0.25) is 0 Å². The van der Waals surface area contributed by atoms with Gasteiger partial charge in [0.15, 0.2) is 0 Å². The van der Waals surface area contributed by atoms with E-state index in [1.165, 1.54) is 17.5 Å². The molecule has 0 spiro atoms. The largest absolute Gasteiger partial charge is 0.339 e. The van der Waals surface area contributed by atoms with Gasteiger partial charge in [0.05, 0.1) is 6.04 Å². The van der Waals surface area contributed by atoms with E-state index < -0.39 is 0 Å². The zero-order valence-corrected chi connectivity index (χ0v) is 15.8. The van der Waals surface area contributed by atoms with E-state index in [2.05, 4.69) is 53.4 Å². The Labute approximate surface area is 162 Å². The number of hydrogen-bond donors (Lipinski definition) is 1. The number of carbonyl (C=O) groups is 1. The van der Waals surface area contributed by atoms with Gasteiger partial charge in [-0.2, -0.15) is 0 Å². The lowest BCUT2D eigenvalue weighted by molar-refractivity contribution is -0.137. The minimum Gasteiger partial charge on any atom is -0.339 e. The molecule has 2 saturated heterocycles. The van der Waals surface area contributed by atoms with Gasteiger partial charge < -0.3 is 10.6 Å². The molecule has 2 aliphatic heterocycles. The van der Waals surface area contributed by atoms with Crippen molar-refractivity contribution in [1.82, 2.24) is 9.80 Å². The van der Waals surface area contributed by atoms with Gasteiger partial charge in [-0.15, -0.1) is 0 Å². The van der Waals surface area contributed by atoms with Crippen LogP contribution in [0.15, 0.2) is 60.7 Å². The summed E-state index contributed by atoms with van der Waals surface area (Å²) in [5.41, 5.74) is 8.94. The van der Waals surface area contributed by atoms with Crippen molar-refractivity contribution >= 4 is 5.91 Å². The molecule has 0 aliphatic carbocycles. The second-order valence-electron chi connectivity index (χ2n) is 7.89. The Hall–Kier alpha value is -2.17. The first kappa shape index (κ1) is 18.2. The Balaban J connectivity index is 1.46. The van der Waals surface area contributed by atoms with Crippen molar-refractivity contribution in [2.75, 3.05) is 19.6 Å². The van der Waals surface area contributed by atoms with Gasteiger partial charge in [0.2, 0.25) is 5.91 Å². The van der Waals surface area contributed by atoms with Crippen molar-refractivity contribution in [3.05, 3.63) is 71.8 Å². The summed E-state index contributed by atoms with van der Waals surface area (Å²) < 4.78 is 0. The number of amides is 1. The van der Waals surface area contributed by atoms with Crippen molar-refractivity contribution in [2.24, 2.45) is 5.73 Å². The van der Waals surface area contributed by atoms with Gasteiger partial charge in [-0.3, -0.25) is 9.69 Å². The van der Waals surface area contributed by atoms with Crippen LogP contribution in [0, 0.1) is 0 Å². The SMILES string of the molecule is N[C@@H]1CN(C(=O)C2CCCCN2Cc2ccccc2)C[C@H]1c1ccccc1. The van der Waals surface area contributed by atoms with Crippen LogP contribution in [0.1, 0.15) is 36.3 Å². The third-order valence-electron chi connectivity index (χ3n) is 6.03. The molecule has 2 fully saturated rings. The average Bonchev–Trinajstić information content (AvgIpc) is 3.11. The molecule has 1 amide bonds. The summed E-state index contributed by atoms with van der Waals surface area (Å²) in [7, 11) is 0. The van der Waals surface area contributed by atoms with Gasteiger partial charge in [-0.05, 0) is 30.5 Å². The summed E-state index contributed by atoms with van der Waals surface area (Å²) in [5, 5.41) is 0. The van der Waals surface area contributed by atoms with Crippen LogP contribution in [0.3, 0.4) is 0 Å². The standard InChI is InChI=1S/C23H29N3O/c24-21-17-26(16-20(21)19-11-5-2-6-12-19)23(27)22-13-7-8-14-25(22)15-18-9-3-1-4-10-18/h1-6,9-12,20-22H,7-8,13-17,24H2/t20-,21+,22?/m0/s1. The van der Waals surface area contributed by atoms with E-state index in [0.717, 1.165) is 32.5 Å². The minimum atomic E-state index is -0.0133. The minimum absolute atomic E-state index is 0.0133. The first-order valence-corrected chi connectivity index (χ1v) is 10.1. The number of nitrogens with two attached hydrogens (primary N) is 1. The number of likely N-dealkylation sites (tertiary alicyclic amines) is 2. The lowest BCUT2D eigenvalue weighted by atomic mass is 9.95. The molecule has 4 rings (SSSR count). The molecule has 0 aromatic heterocycles. The van der Waals surface area contributed by atoms with E-state index in [1.807, 2.05) is 17.0 Å². The molecule has 0 radical (unpaired) electrons. The Kier molecular flexibility index (Phi) is 5.55. The van der Waals surface area contributed by atoms with E-state index in [1.54, 1.807) is 0 Å². The summed E-state index contributed by atoms with van der Waals surface area (Å²) in [6.07, 6.45) is 3.25. The number of hydrogen-bond acceptors (Lipinski definition) is 3. The second kappa shape index (κ2) is 8.24. The summed E-state index contributed by atoms with van der Waals surface area (Å²) in [6.45, 7) is 3.24. The van der Waals surface area contributed by atoms with E-state index in [9.17, 15) is 4.79 Å². The molecule has 0 saturated carbocycles. The van der Waals surface area contributed by atoms with Gasteiger partial charge >= 0.3 is 0 Å². The highest BCUT2D eigenvalue weighted by Gasteiger charge is 2.38. The maximum absolute atomic E-state index is 13.4. The molecular formula is C23H29N3O. The Morgan fingerprint density at radius 1 is 0.963 bits per heavy atom. The molecule has 2 aromatic rings. The van der Waals surface area contributed by atoms with Crippen LogP contribution in [0.25, 0.3) is 0 Å². The molecule has 142 valence electrons. The zero-order chi connectivity index (χ0) is 18.6. The van der Waals surface area contributed by atoms with Crippen LogP contribution in [-0.4, -0.2) is 47.4 Å². The Morgan fingerprint density at radius 2 is 1.67 bits per heavy atom. The fourth-order valence-corrected chi connectivity index (χ4v) is 4.55. The summed E-state index contributed by atoms with van der Waals surface area (Å²) in [6, 6.07) is 20.9. The molecule has 2 N–H and O–H groups in total. The van der Waals surface area contributed by atoms with E-state index >= 15 is 0 Å². The highest BCUT2D eigenvalue weighted by atomic mass is 16.2. The van der Waals surface area contributed by atoms with Gasteiger partial charge in [0, 0.05) is 31.6 Å². The molecular weight excluding hydrogens is 334 g/mol. The smallest absolute Gasteiger partial charge is 0.240 e. The number of carbonyl (C=O) groups excluding carboxylic acids is 1. The first-order valence-electron chi connectivity index (χ1n) is 10.1. The fourth-order valence-electron chi connectivity index (χ4n) is 4.55. The topological polar surface area (TPSA) is 49.6 Å². The average molecular weight is 364 g/mol. The first-order chi connectivity index (χ1) is 13.2. The third kappa shape index (κ3) is 4.07. The van der Waals surface area contributed by atoms with E-state index in [-0.39, 0.29) is 23.9 Å². The summed E-state index contributed by atoms with van der Waals surface area (Å²) in [4.78, 5) is 17.7. The predicted molar refractivity (Wildman–Crippen MR) is 108 cm³/mol. The normalized spacial score (nSPS) is 26.3. The van der Waals surface area contributed by atoms with Crippen LogP contribution in [0.5, 0.6) is 0 Å². The number of nitrogens with zero attached hydrogens (tertiary/aromatic N) is 2. The second-order valence-corrected chi connectivity index (χ2v) is 7.89. The van der Waals surface area contributed by atoms with Crippen molar-refractivity contribution in [3.8, 4) is 0 Å². The van der Waals surface area contributed by atoms with Crippen LogP contribution < -0.4 is 5.73 Å². The van der Waals surface area contributed by atoms with Gasteiger partial charge in [0.1, 0.15) is 0 Å². The molecule has 0 bridgehead atoms. The van der Waals surface area contributed by atoms with Crippen molar-refractivity contribution in [1.29, 1.82) is 0 Å². The molecule has 2 heterocycles. The Bertz CT molecular complexity index is 749. The molecule has 2 aliphatic rings. The van der Waals surface area contributed by atoms with Crippen molar-refractivity contribution in [2.45, 2.75) is 43.8 Å². The van der Waals surface area contributed by atoms with Crippen molar-refractivity contribution in [3.63, 3.8) is 0 Å². The van der Waals surface area contributed by atoms with Gasteiger partial charge in [-0.25, -0.2) is 0 Å². The Morgan fingerprint density at radius 3 is 2.41 bits per heavy atom. The maximum Gasteiger partial charge on any atom is 0.240 e. The maximum atomic E-state index is 13.4. The van der Waals surface area contributed by atoms with Crippen LogP contribution in [0.4, 0.5) is 0 Å². The third-order valence-corrected chi connectivity index (χ3v) is 6.03. The zero-order valence-electron chi connectivity index (χ0n) is 15.8. The molecule has 1 unspecified atom stereocenters.